The molecule has 0 saturated carbocycles. The van der Waals surface area contributed by atoms with Gasteiger partial charge >= 0.3 is 0 Å². The third-order valence-electron chi connectivity index (χ3n) is 2.48. The molecule has 0 aromatic heterocycles. The predicted octanol–water partition coefficient (Wildman–Crippen LogP) is 3.15. The van der Waals surface area contributed by atoms with Crippen LogP contribution in [0, 0.1) is 17.2 Å². The highest BCUT2D eigenvalue weighted by Crippen LogP contribution is 2.27. The monoisotopic (exact) mass is 235 g/mol. The molecule has 1 aromatic carbocycles. The number of thioether (sulfide) groups is 2. The standard InChI is InChI=1S/C12H13NS2/c13-6-11-3-1-10(2-4-11)5-12-7-14-9-15-8-12/h1-4,12H,5,7-9H2. The maximum absolute atomic E-state index is 8.69. The lowest BCUT2D eigenvalue weighted by atomic mass is 10.0. The van der Waals surface area contributed by atoms with Crippen LogP contribution < -0.4 is 0 Å². The zero-order valence-corrected chi connectivity index (χ0v) is 10.1. The molecule has 1 nitrogen and oxygen atoms in total. The number of rotatable bonds is 2. The molecule has 1 heterocycles. The Morgan fingerprint density at radius 2 is 1.87 bits per heavy atom. The summed E-state index contributed by atoms with van der Waals surface area (Å²) in [6.45, 7) is 0. The van der Waals surface area contributed by atoms with E-state index in [0.717, 1.165) is 17.9 Å². The Morgan fingerprint density at radius 1 is 1.20 bits per heavy atom. The fourth-order valence-electron chi connectivity index (χ4n) is 1.70. The summed E-state index contributed by atoms with van der Waals surface area (Å²) in [5, 5.41) is 9.95. The van der Waals surface area contributed by atoms with E-state index in [4.69, 9.17) is 5.26 Å². The van der Waals surface area contributed by atoms with E-state index in [-0.39, 0.29) is 0 Å². The van der Waals surface area contributed by atoms with E-state index in [2.05, 4.69) is 18.2 Å². The first kappa shape index (κ1) is 10.9. The lowest BCUT2D eigenvalue weighted by molar-refractivity contribution is 0.668. The zero-order valence-electron chi connectivity index (χ0n) is 8.48. The second-order valence-corrected chi connectivity index (χ2v) is 6.16. The van der Waals surface area contributed by atoms with Gasteiger partial charge in [0.05, 0.1) is 11.6 Å². The van der Waals surface area contributed by atoms with Gasteiger partial charge in [-0.25, -0.2) is 0 Å². The van der Waals surface area contributed by atoms with Crippen molar-refractivity contribution < 1.29 is 0 Å². The molecule has 0 aliphatic carbocycles. The van der Waals surface area contributed by atoms with Crippen LogP contribution in [-0.2, 0) is 6.42 Å². The van der Waals surface area contributed by atoms with Gasteiger partial charge in [-0.05, 0) is 41.5 Å². The van der Waals surface area contributed by atoms with Crippen molar-refractivity contribution in [1.82, 2.24) is 0 Å². The minimum atomic E-state index is 0.756. The van der Waals surface area contributed by atoms with Crippen LogP contribution >= 0.6 is 23.5 Å². The summed E-state index contributed by atoms with van der Waals surface area (Å²) in [5.41, 5.74) is 2.12. The van der Waals surface area contributed by atoms with Gasteiger partial charge in [0.1, 0.15) is 0 Å². The van der Waals surface area contributed by atoms with Crippen molar-refractivity contribution in [2.75, 3.05) is 16.6 Å². The lowest BCUT2D eigenvalue weighted by Crippen LogP contribution is -2.14. The minimum absolute atomic E-state index is 0.756. The summed E-state index contributed by atoms with van der Waals surface area (Å²) in [4.78, 5) is 0. The quantitative estimate of drug-likeness (QED) is 0.787. The average molecular weight is 235 g/mol. The van der Waals surface area contributed by atoms with E-state index < -0.39 is 0 Å². The van der Waals surface area contributed by atoms with Gasteiger partial charge in [0, 0.05) is 5.08 Å². The van der Waals surface area contributed by atoms with Crippen LogP contribution in [0.3, 0.4) is 0 Å². The number of nitrogens with zero attached hydrogens (tertiary/aromatic N) is 1. The molecule has 0 amide bonds. The topological polar surface area (TPSA) is 23.8 Å². The van der Waals surface area contributed by atoms with E-state index in [1.165, 1.54) is 22.2 Å². The van der Waals surface area contributed by atoms with E-state index in [9.17, 15) is 0 Å². The highest BCUT2D eigenvalue weighted by atomic mass is 32.2. The number of hydrogen-bond donors (Lipinski definition) is 0. The number of hydrogen-bond acceptors (Lipinski definition) is 3. The largest absolute Gasteiger partial charge is 0.192 e. The zero-order chi connectivity index (χ0) is 10.5. The highest BCUT2D eigenvalue weighted by molar-refractivity contribution is 8.16. The normalized spacial score (nSPS) is 17.3. The smallest absolute Gasteiger partial charge is 0.0991 e. The Morgan fingerprint density at radius 3 is 2.47 bits per heavy atom. The number of nitriles is 1. The average Bonchev–Trinajstić information content (AvgIpc) is 2.31. The first-order valence-electron chi connectivity index (χ1n) is 5.03. The van der Waals surface area contributed by atoms with Gasteiger partial charge in [-0.2, -0.15) is 28.8 Å². The van der Waals surface area contributed by atoms with Crippen molar-refractivity contribution in [3.8, 4) is 6.07 Å². The molecule has 2 rings (SSSR count). The molecule has 15 heavy (non-hydrogen) atoms. The summed E-state index contributed by atoms with van der Waals surface area (Å²) < 4.78 is 0. The van der Waals surface area contributed by atoms with Gasteiger partial charge in [0.15, 0.2) is 0 Å². The first-order chi connectivity index (χ1) is 7.38. The Bertz CT molecular complexity index is 347. The first-order valence-corrected chi connectivity index (χ1v) is 7.34. The third kappa shape index (κ3) is 3.19. The van der Waals surface area contributed by atoms with Crippen molar-refractivity contribution in [2.45, 2.75) is 6.42 Å². The van der Waals surface area contributed by atoms with Crippen LogP contribution in [0.1, 0.15) is 11.1 Å². The molecule has 0 unspecified atom stereocenters. The van der Waals surface area contributed by atoms with Gasteiger partial charge in [0.25, 0.3) is 0 Å². The second kappa shape index (κ2) is 5.48. The van der Waals surface area contributed by atoms with Crippen LogP contribution in [0.5, 0.6) is 0 Å². The molecular weight excluding hydrogens is 222 g/mol. The Balaban J connectivity index is 1.95. The van der Waals surface area contributed by atoms with Gasteiger partial charge in [-0.1, -0.05) is 12.1 Å². The molecule has 1 aromatic rings. The molecular formula is C12H13NS2. The van der Waals surface area contributed by atoms with Gasteiger partial charge < -0.3 is 0 Å². The maximum atomic E-state index is 8.69. The molecule has 1 aliphatic rings. The molecule has 0 spiro atoms. The van der Waals surface area contributed by atoms with Crippen molar-refractivity contribution in [3.63, 3.8) is 0 Å². The minimum Gasteiger partial charge on any atom is -0.192 e. The van der Waals surface area contributed by atoms with Crippen LogP contribution in [0.2, 0.25) is 0 Å². The van der Waals surface area contributed by atoms with Crippen LogP contribution in [0.4, 0.5) is 0 Å². The molecule has 3 heteroatoms. The fourth-order valence-corrected chi connectivity index (χ4v) is 4.23. The van der Waals surface area contributed by atoms with Crippen molar-refractivity contribution >= 4 is 23.5 Å². The maximum Gasteiger partial charge on any atom is 0.0991 e. The summed E-state index contributed by atoms with van der Waals surface area (Å²) >= 11 is 4.08. The summed E-state index contributed by atoms with van der Waals surface area (Å²) in [5.74, 6) is 3.38. The molecule has 1 aliphatic heterocycles. The SMILES string of the molecule is N#Cc1ccc(CC2CSCSC2)cc1. The molecule has 1 saturated heterocycles. The van der Waals surface area contributed by atoms with Crippen LogP contribution in [-0.4, -0.2) is 16.6 Å². The second-order valence-electron chi connectivity index (χ2n) is 3.74. The van der Waals surface area contributed by atoms with Crippen molar-refractivity contribution in [1.29, 1.82) is 5.26 Å². The van der Waals surface area contributed by atoms with Crippen molar-refractivity contribution in [2.24, 2.45) is 5.92 Å². The molecule has 0 N–H and O–H groups in total. The summed E-state index contributed by atoms with van der Waals surface area (Å²) in [6, 6.07) is 10.2. The Labute approximate surface area is 99.3 Å². The predicted molar refractivity (Wildman–Crippen MR) is 68.1 cm³/mol. The van der Waals surface area contributed by atoms with Gasteiger partial charge in [-0.15, -0.1) is 0 Å². The summed E-state index contributed by atoms with van der Waals surface area (Å²) in [6.07, 6.45) is 1.16. The van der Waals surface area contributed by atoms with Gasteiger partial charge in [0.2, 0.25) is 0 Å². The number of benzene rings is 1. The van der Waals surface area contributed by atoms with E-state index >= 15 is 0 Å². The fraction of sp³-hybridized carbons (Fsp3) is 0.417. The van der Waals surface area contributed by atoms with E-state index in [1.807, 2.05) is 35.7 Å². The molecule has 1 fully saturated rings. The Hall–Kier alpha value is -0.590. The Kier molecular flexibility index (Phi) is 3.99. The molecule has 78 valence electrons. The third-order valence-corrected chi connectivity index (χ3v) is 5.23. The van der Waals surface area contributed by atoms with Crippen LogP contribution in [0.15, 0.2) is 24.3 Å². The molecule has 0 radical (unpaired) electrons. The highest BCUT2D eigenvalue weighted by Gasteiger charge is 2.14. The van der Waals surface area contributed by atoms with Gasteiger partial charge in [-0.3, -0.25) is 0 Å². The summed E-state index contributed by atoms with van der Waals surface area (Å²) in [7, 11) is 0. The van der Waals surface area contributed by atoms with Crippen molar-refractivity contribution in [3.05, 3.63) is 35.4 Å². The molecule has 0 bridgehead atoms. The lowest BCUT2D eigenvalue weighted by Gasteiger charge is -2.20. The van der Waals surface area contributed by atoms with Crippen LogP contribution in [0.25, 0.3) is 0 Å². The molecule has 0 atom stereocenters. The van der Waals surface area contributed by atoms with E-state index in [1.54, 1.807) is 0 Å². The van der Waals surface area contributed by atoms with E-state index in [0.29, 0.717) is 0 Å².